The smallest absolute Gasteiger partial charge is 0.280 e. The maximum Gasteiger partial charge on any atom is 0.280 e. The monoisotopic (exact) mass is 299 g/mol. The number of fused-ring (bicyclic) bond motifs is 1. The molecule has 0 atom stereocenters. The highest BCUT2D eigenvalue weighted by Gasteiger charge is 2.14. The zero-order valence-electron chi connectivity index (χ0n) is 12.4. The lowest BCUT2D eigenvalue weighted by molar-refractivity contribution is 0.827. The van der Waals surface area contributed by atoms with Crippen molar-refractivity contribution in [3.05, 3.63) is 40.2 Å². The minimum Gasteiger partial charge on any atom is -0.378 e. The number of nitrogens with zero attached hydrogens (tertiary/aromatic N) is 4. The van der Waals surface area contributed by atoms with Crippen LogP contribution in [-0.2, 0) is 6.54 Å². The van der Waals surface area contributed by atoms with E-state index >= 15 is 0 Å². The summed E-state index contributed by atoms with van der Waals surface area (Å²) >= 11 is 0. The molecule has 3 rings (SSSR count). The van der Waals surface area contributed by atoms with Crippen LogP contribution >= 0.6 is 0 Å². The number of rotatable bonds is 3. The first-order valence-electron chi connectivity index (χ1n) is 6.73. The van der Waals surface area contributed by atoms with Crippen molar-refractivity contribution in [1.29, 1.82) is 0 Å². The number of nitrogens with one attached hydrogen (secondary N) is 1. The van der Waals surface area contributed by atoms with Crippen molar-refractivity contribution in [3.8, 4) is 0 Å². The van der Waals surface area contributed by atoms with Gasteiger partial charge in [-0.05, 0) is 17.7 Å². The van der Waals surface area contributed by atoms with Crippen LogP contribution in [0.25, 0.3) is 11.2 Å². The van der Waals surface area contributed by atoms with Crippen LogP contribution in [0.3, 0.4) is 0 Å². The van der Waals surface area contributed by atoms with Crippen LogP contribution in [0, 0.1) is 0 Å². The van der Waals surface area contributed by atoms with Gasteiger partial charge in [0.15, 0.2) is 11.2 Å². The van der Waals surface area contributed by atoms with E-state index in [1.165, 1.54) is 0 Å². The fraction of sp³-hybridized carbons (Fsp3) is 0.214. The van der Waals surface area contributed by atoms with Gasteiger partial charge in [-0.1, -0.05) is 12.1 Å². The molecule has 3 aromatic rings. The molecule has 0 radical (unpaired) electrons. The second-order valence-electron chi connectivity index (χ2n) is 5.24. The number of hydrogen-bond acceptors (Lipinski definition) is 6. The molecule has 2 heterocycles. The van der Waals surface area contributed by atoms with Gasteiger partial charge in [0.05, 0.1) is 6.54 Å². The molecule has 0 amide bonds. The van der Waals surface area contributed by atoms with E-state index in [0.29, 0.717) is 12.2 Å². The minimum atomic E-state index is -0.393. The second-order valence-corrected chi connectivity index (χ2v) is 5.24. The van der Waals surface area contributed by atoms with Crippen LogP contribution in [0.4, 0.5) is 17.6 Å². The third-order valence-electron chi connectivity index (χ3n) is 3.45. The highest BCUT2D eigenvalue weighted by Crippen LogP contribution is 2.18. The average Bonchev–Trinajstić information content (AvgIpc) is 2.77. The normalized spacial score (nSPS) is 11.0. The Hall–Kier alpha value is -3.03. The van der Waals surface area contributed by atoms with Crippen LogP contribution in [0.2, 0.25) is 0 Å². The first kappa shape index (κ1) is 13.9. The molecule has 22 heavy (non-hydrogen) atoms. The zero-order valence-corrected chi connectivity index (χ0v) is 12.4. The van der Waals surface area contributed by atoms with Crippen LogP contribution < -0.4 is 21.9 Å². The summed E-state index contributed by atoms with van der Waals surface area (Å²) in [5.41, 5.74) is 13.8. The lowest BCUT2D eigenvalue weighted by atomic mass is 10.2. The molecule has 114 valence electrons. The molecule has 8 heteroatoms. The molecule has 0 aliphatic heterocycles. The van der Waals surface area contributed by atoms with Crippen molar-refractivity contribution in [2.24, 2.45) is 0 Å². The van der Waals surface area contributed by atoms with Crippen LogP contribution in [0.5, 0.6) is 0 Å². The molecule has 2 aromatic heterocycles. The van der Waals surface area contributed by atoms with E-state index in [9.17, 15) is 4.79 Å². The van der Waals surface area contributed by atoms with E-state index in [1.807, 2.05) is 43.3 Å². The lowest BCUT2D eigenvalue weighted by Crippen LogP contribution is -2.12. The third kappa shape index (κ3) is 2.34. The van der Waals surface area contributed by atoms with Crippen molar-refractivity contribution in [2.75, 3.05) is 30.5 Å². The summed E-state index contributed by atoms with van der Waals surface area (Å²) in [7, 11) is 3.96. The highest BCUT2D eigenvalue weighted by atomic mass is 16.1. The van der Waals surface area contributed by atoms with Crippen molar-refractivity contribution in [2.45, 2.75) is 6.54 Å². The predicted octanol–water partition coefficient (Wildman–Crippen LogP) is 0.398. The molecule has 0 saturated carbocycles. The molecule has 0 saturated heterocycles. The Morgan fingerprint density at radius 3 is 2.50 bits per heavy atom. The quantitative estimate of drug-likeness (QED) is 0.644. The zero-order chi connectivity index (χ0) is 15.9. The summed E-state index contributed by atoms with van der Waals surface area (Å²) < 4.78 is 1.67. The molecular formula is C14H17N7O. The summed E-state index contributed by atoms with van der Waals surface area (Å²) in [4.78, 5) is 24.5. The fourth-order valence-corrected chi connectivity index (χ4v) is 2.28. The lowest BCUT2D eigenvalue weighted by Gasteiger charge is -2.13. The van der Waals surface area contributed by atoms with Crippen molar-refractivity contribution in [1.82, 2.24) is 19.5 Å². The Labute approximate surface area is 126 Å². The molecule has 0 fully saturated rings. The van der Waals surface area contributed by atoms with Crippen LogP contribution in [0.1, 0.15) is 5.56 Å². The number of aromatic amines is 1. The number of aromatic nitrogens is 4. The van der Waals surface area contributed by atoms with Crippen molar-refractivity contribution >= 4 is 28.7 Å². The van der Waals surface area contributed by atoms with Gasteiger partial charge < -0.3 is 16.4 Å². The topological polar surface area (TPSA) is 119 Å². The number of imidazole rings is 1. The van der Waals surface area contributed by atoms with Crippen molar-refractivity contribution in [3.63, 3.8) is 0 Å². The Bertz CT molecular complexity index is 877. The first-order valence-corrected chi connectivity index (χ1v) is 6.73. The number of nitrogens with two attached hydrogens (primary N) is 2. The summed E-state index contributed by atoms with van der Waals surface area (Å²) in [6, 6.07) is 8.02. The second kappa shape index (κ2) is 5.06. The molecule has 5 N–H and O–H groups in total. The SMILES string of the molecule is CN(C)c1ccc(Cn2c(N)nc3c(=O)[nH]c(N)nc32)cc1. The Kier molecular flexibility index (Phi) is 3.21. The molecule has 0 spiro atoms. The van der Waals surface area contributed by atoms with Gasteiger partial charge in [-0.15, -0.1) is 0 Å². The number of benzene rings is 1. The van der Waals surface area contributed by atoms with Gasteiger partial charge in [-0.3, -0.25) is 14.3 Å². The highest BCUT2D eigenvalue weighted by molar-refractivity contribution is 5.74. The van der Waals surface area contributed by atoms with E-state index < -0.39 is 5.56 Å². The molecule has 0 unspecified atom stereocenters. The Morgan fingerprint density at radius 1 is 1.18 bits per heavy atom. The maximum absolute atomic E-state index is 11.8. The minimum absolute atomic E-state index is 0.0432. The van der Waals surface area contributed by atoms with Crippen LogP contribution in [0.15, 0.2) is 29.1 Å². The van der Waals surface area contributed by atoms with Gasteiger partial charge in [0, 0.05) is 19.8 Å². The molecule has 0 aliphatic carbocycles. The molecule has 1 aromatic carbocycles. The molecular weight excluding hydrogens is 282 g/mol. The van der Waals surface area contributed by atoms with E-state index in [4.69, 9.17) is 11.5 Å². The van der Waals surface area contributed by atoms with Gasteiger partial charge in [-0.2, -0.15) is 4.98 Å². The van der Waals surface area contributed by atoms with E-state index in [-0.39, 0.29) is 17.4 Å². The van der Waals surface area contributed by atoms with Gasteiger partial charge in [-0.25, -0.2) is 4.98 Å². The fourth-order valence-electron chi connectivity index (χ4n) is 2.28. The number of anilines is 3. The average molecular weight is 299 g/mol. The largest absolute Gasteiger partial charge is 0.378 e. The summed E-state index contributed by atoms with van der Waals surface area (Å²) in [6.07, 6.45) is 0. The molecule has 0 bridgehead atoms. The van der Waals surface area contributed by atoms with Gasteiger partial charge >= 0.3 is 0 Å². The summed E-state index contributed by atoms with van der Waals surface area (Å²) in [5, 5.41) is 0. The summed E-state index contributed by atoms with van der Waals surface area (Å²) in [6.45, 7) is 0.464. The Balaban J connectivity index is 2.03. The number of nitrogen functional groups attached to an aromatic ring is 2. The third-order valence-corrected chi connectivity index (χ3v) is 3.45. The maximum atomic E-state index is 11.8. The van der Waals surface area contributed by atoms with E-state index in [2.05, 4.69) is 15.0 Å². The van der Waals surface area contributed by atoms with Gasteiger partial charge in [0.25, 0.3) is 5.56 Å². The predicted molar refractivity (Wildman–Crippen MR) is 86.8 cm³/mol. The van der Waals surface area contributed by atoms with Gasteiger partial charge in [0.1, 0.15) is 0 Å². The summed E-state index contributed by atoms with van der Waals surface area (Å²) in [5.74, 6) is 0.275. The number of hydrogen-bond donors (Lipinski definition) is 3. The molecule has 8 nitrogen and oxygen atoms in total. The van der Waals surface area contributed by atoms with Gasteiger partial charge in [0.2, 0.25) is 11.9 Å². The van der Waals surface area contributed by atoms with E-state index in [0.717, 1.165) is 11.3 Å². The standard InChI is InChI=1S/C14H17N7O/c1-20(2)9-5-3-8(4-6-9)7-21-11-10(17-14(21)16)12(22)19-13(15)18-11/h3-6H,7H2,1-2H3,(H2,16,17)(H3,15,18,19,22). The first-order chi connectivity index (χ1) is 10.5. The van der Waals surface area contributed by atoms with E-state index in [1.54, 1.807) is 4.57 Å². The molecule has 0 aliphatic rings. The Morgan fingerprint density at radius 2 is 1.86 bits per heavy atom. The number of H-pyrrole nitrogens is 1. The van der Waals surface area contributed by atoms with Crippen molar-refractivity contribution < 1.29 is 0 Å². The van der Waals surface area contributed by atoms with Crippen LogP contribution in [-0.4, -0.2) is 33.6 Å².